The summed E-state index contributed by atoms with van der Waals surface area (Å²) in [5.41, 5.74) is 12.9. The van der Waals surface area contributed by atoms with Gasteiger partial charge in [0.2, 0.25) is 29.5 Å². The number of nitrogens with one attached hydrogen (secondary N) is 5. The Bertz CT molecular complexity index is 3100. The highest BCUT2D eigenvalue weighted by Crippen LogP contribution is 2.41. The minimum Gasteiger partial charge on any atom is -0.480 e. The van der Waals surface area contributed by atoms with E-state index in [0.717, 1.165) is 28.7 Å². The molecule has 24 nitrogen and oxygen atoms in total. The molecule has 29 heteroatoms. The number of carboxylic acids is 2. The number of primary amides is 1. The van der Waals surface area contributed by atoms with E-state index >= 15 is 4.39 Å². The average molecular weight is 1320 g/mol. The molecule has 5 rings (SSSR count). The summed E-state index contributed by atoms with van der Waals surface area (Å²) in [5.74, 6) is -10.8. The summed E-state index contributed by atoms with van der Waals surface area (Å²) in [7, 11) is 0. The van der Waals surface area contributed by atoms with Crippen molar-refractivity contribution in [3.05, 3.63) is 95.8 Å². The van der Waals surface area contributed by atoms with Gasteiger partial charge in [-0.25, -0.2) is 23.2 Å². The van der Waals surface area contributed by atoms with Gasteiger partial charge in [-0.1, -0.05) is 71.4 Å². The van der Waals surface area contributed by atoms with Crippen LogP contribution in [0.5, 0.6) is 0 Å². The number of ketones is 1. The summed E-state index contributed by atoms with van der Waals surface area (Å²) in [5, 5.41) is 41.1. The summed E-state index contributed by atoms with van der Waals surface area (Å²) in [4.78, 5) is 140. The van der Waals surface area contributed by atoms with Gasteiger partial charge in [-0.15, -0.1) is 0 Å². The highest BCUT2D eigenvalue weighted by Gasteiger charge is 2.40. The number of carbonyl (C=O) groups is 11. The topological polar surface area (TPSA) is 372 Å². The second-order valence-electron chi connectivity index (χ2n) is 24.6. The zero-order valence-corrected chi connectivity index (χ0v) is 52.9. The number of aliphatic carboxylic acids is 2. The molecule has 0 bridgehead atoms. The summed E-state index contributed by atoms with van der Waals surface area (Å²) >= 11 is 0. The molecule has 2 aliphatic rings. The highest BCUT2D eigenvalue weighted by molar-refractivity contribution is 6.12. The maximum absolute atomic E-state index is 15.2. The van der Waals surface area contributed by atoms with Crippen molar-refractivity contribution >= 4 is 65.1 Å². The highest BCUT2D eigenvalue weighted by atomic mass is 19.4. The Morgan fingerprint density at radius 2 is 1.44 bits per heavy atom. The molecule has 12 N–H and O–H groups in total. The van der Waals surface area contributed by atoms with Gasteiger partial charge in [0, 0.05) is 98.6 Å². The van der Waals surface area contributed by atoms with E-state index in [1.54, 1.807) is 26.1 Å². The van der Waals surface area contributed by atoms with Crippen LogP contribution in [0.3, 0.4) is 0 Å². The molecule has 0 unspecified atom stereocenters. The number of carboxylic acid groups (broad SMARTS) is 2. The SMILES string of the molecule is CC(C)[C@H](NC(=O)CCCCCN1C(=O)C=CC1=O)C(=O)C[C@@H](CCCNC(N)=O)C(=O)N[C@@H](CCCCNC(=O)[C@@H]1CC[C@H](NC(=O)[C@@H](N)CCN(C(=O)CO)[C@@H](c2cc(-c3cc(F)ccc3F)cn2Cc2ccccc2)C(C)(C)C)C1)C(=O)O.O=C(O)C(F)(F)F. The number of alkyl halides is 3. The van der Waals surface area contributed by atoms with Gasteiger partial charge in [-0.3, -0.25) is 43.3 Å². The first-order valence-corrected chi connectivity index (χ1v) is 30.9. The number of hydrogen-bond acceptors (Lipinski definition) is 13. The number of urea groups is 1. The lowest BCUT2D eigenvalue weighted by Crippen LogP contribution is -2.49. The Balaban J connectivity index is 0.00000248. The Morgan fingerprint density at radius 1 is 0.785 bits per heavy atom. The van der Waals surface area contributed by atoms with Crippen LogP contribution in [0.25, 0.3) is 11.1 Å². The lowest BCUT2D eigenvalue weighted by atomic mass is 9.82. The van der Waals surface area contributed by atoms with Crippen LogP contribution in [0.4, 0.5) is 26.7 Å². The zero-order valence-electron chi connectivity index (χ0n) is 52.9. The summed E-state index contributed by atoms with van der Waals surface area (Å²) < 4.78 is 63.3. The molecule has 3 aromatic rings. The van der Waals surface area contributed by atoms with Crippen molar-refractivity contribution in [3.8, 4) is 11.1 Å². The fraction of sp³-hybridized carbons (Fsp3) is 0.547. The number of aliphatic hydroxyl groups is 1. The third-order valence-electron chi connectivity index (χ3n) is 15.8. The predicted octanol–water partition coefficient (Wildman–Crippen LogP) is 5.53. The lowest BCUT2D eigenvalue weighted by Gasteiger charge is -2.41. The zero-order chi connectivity index (χ0) is 69.3. The standard InChI is InChI=1S/C62H86F2N10O12.C2HF3O2/c1-38(2)55(71-51(77)19-10-7-13-29-73-52(78)24-25-53(73)79)50(76)33-40(17-14-28-68-61(66)86)58(82)70-48(60(84)85)18-11-12-27-67-57(81)41-20-22-44(31-41)69-59(83)47(65)26-30-74(54(80)37-75)56(62(3,4)5)49-32-42(45-34-43(63)21-23-46(45)64)36-72(49)35-39-15-8-6-9-16-39;3-2(4,5)1(6)7/h6,8-9,15-16,21,23-25,32,34,36,38,40-41,44,47-48,55-56,75H,7,10-14,17-20,22,26-31,33,35,37,65H2,1-5H3,(H,67,81)(H,69,83)(H,70,82)(H,71,77)(H,84,85)(H3,66,68,86);(H,6,7)/t40-,41-,44+,47+,48+,55+,56+;/m1./s1. The van der Waals surface area contributed by atoms with Crippen molar-refractivity contribution in [2.24, 2.45) is 34.6 Å². The fourth-order valence-electron chi connectivity index (χ4n) is 11.0. The Hall–Kier alpha value is -8.60. The van der Waals surface area contributed by atoms with Crippen LogP contribution in [-0.4, -0.2) is 158 Å². The number of hydrogen-bond donors (Lipinski definition) is 10. The van der Waals surface area contributed by atoms with Gasteiger partial charge < -0.3 is 62.8 Å². The number of imide groups is 1. The molecular formula is C64H87F5N10O14. The molecule has 93 heavy (non-hydrogen) atoms. The van der Waals surface area contributed by atoms with Gasteiger partial charge in [0.15, 0.2) is 5.78 Å². The van der Waals surface area contributed by atoms with E-state index in [1.807, 2.05) is 55.7 Å². The van der Waals surface area contributed by atoms with Crippen LogP contribution in [0.1, 0.15) is 142 Å². The van der Waals surface area contributed by atoms with Crippen molar-refractivity contribution in [1.29, 1.82) is 0 Å². The van der Waals surface area contributed by atoms with Crippen molar-refractivity contribution in [1.82, 2.24) is 41.0 Å². The van der Waals surface area contributed by atoms with Crippen molar-refractivity contribution in [2.75, 3.05) is 32.8 Å². The first-order valence-electron chi connectivity index (χ1n) is 30.9. The summed E-state index contributed by atoms with van der Waals surface area (Å²) in [6.07, 6.45) is 2.45. The number of nitrogens with two attached hydrogens (primary N) is 2. The molecule has 0 spiro atoms. The molecule has 1 saturated carbocycles. The van der Waals surface area contributed by atoms with Crippen LogP contribution in [-0.2, 0) is 54.5 Å². The van der Waals surface area contributed by atoms with Crippen LogP contribution in [0, 0.1) is 34.8 Å². The number of benzene rings is 2. The molecule has 2 heterocycles. The minimum absolute atomic E-state index is 0.00583. The third-order valence-corrected chi connectivity index (χ3v) is 15.8. The van der Waals surface area contributed by atoms with Crippen LogP contribution < -0.4 is 38.1 Å². The van der Waals surface area contributed by atoms with Gasteiger partial charge in [-0.2, -0.15) is 13.2 Å². The number of rotatable bonds is 35. The third kappa shape index (κ3) is 25.1. The van der Waals surface area contributed by atoms with Crippen molar-refractivity contribution < 1.29 is 90.0 Å². The molecule has 2 aromatic carbocycles. The van der Waals surface area contributed by atoms with E-state index in [-0.39, 0.29) is 106 Å². The van der Waals surface area contributed by atoms with Gasteiger partial charge in [-0.05, 0) is 112 Å². The predicted molar refractivity (Wildman–Crippen MR) is 329 cm³/mol. The Morgan fingerprint density at radius 3 is 2.04 bits per heavy atom. The second-order valence-corrected chi connectivity index (χ2v) is 24.6. The van der Waals surface area contributed by atoms with Gasteiger partial charge in [0.1, 0.15) is 24.3 Å². The lowest BCUT2D eigenvalue weighted by molar-refractivity contribution is -0.192. The van der Waals surface area contributed by atoms with Crippen LogP contribution in [0.2, 0.25) is 0 Å². The quantitative estimate of drug-likeness (QED) is 0.0197. The van der Waals surface area contributed by atoms with E-state index in [4.69, 9.17) is 21.4 Å². The maximum atomic E-state index is 15.2. The number of Topliss-reactive ketones (excluding diaryl/α,β-unsaturated/α-hetero) is 1. The Labute approximate surface area is 536 Å². The van der Waals surface area contributed by atoms with Gasteiger partial charge in [0.25, 0.3) is 11.8 Å². The number of amides is 9. The molecule has 9 amide bonds. The first-order chi connectivity index (χ1) is 43.7. The normalized spacial score (nSPS) is 16.3. The molecule has 1 aromatic heterocycles. The van der Waals surface area contributed by atoms with Crippen molar-refractivity contribution in [2.45, 2.75) is 167 Å². The number of halogens is 5. The molecule has 1 fully saturated rings. The Kier molecular flexibility index (Phi) is 30.2. The monoisotopic (exact) mass is 1310 g/mol. The number of aromatic nitrogens is 1. The van der Waals surface area contributed by atoms with Crippen molar-refractivity contribution in [3.63, 3.8) is 0 Å². The first kappa shape index (κ1) is 76.9. The van der Waals surface area contributed by atoms with E-state index in [2.05, 4.69) is 26.6 Å². The number of carbonyl (C=O) groups excluding carboxylic acids is 9. The van der Waals surface area contributed by atoms with Gasteiger partial charge in [0.05, 0.1) is 18.1 Å². The van der Waals surface area contributed by atoms with E-state index in [1.165, 1.54) is 17.1 Å². The fourth-order valence-corrected chi connectivity index (χ4v) is 11.0. The summed E-state index contributed by atoms with van der Waals surface area (Å²) in [6, 6.07) is 9.06. The molecule has 1 aliphatic heterocycles. The largest absolute Gasteiger partial charge is 0.490 e. The number of nitrogens with zero attached hydrogens (tertiary/aromatic N) is 3. The maximum Gasteiger partial charge on any atom is 0.490 e. The molecule has 1 aliphatic carbocycles. The average Bonchev–Trinajstić information content (AvgIpc) is 1.77. The summed E-state index contributed by atoms with van der Waals surface area (Å²) in [6.45, 7) is 9.13. The molecule has 512 valence electrons. The van der Waals surface area contributed by atoms with Gasteiger partial charge >= 0.3 is 24.1 Å². The number of unbranched alkanes of at least 4 members (excludes halogenated alkanes) is 3. The molecule has 7 atom stereocenters. The van der Waals surface area contributed by atoms with E-state index < -0.39 is 113 Å². The van der Waals surface area contributed by atoms with E-state index in [0.29, 0.717) is 62.7 Å². The van der Waals surface area contributed by atoms with Crippen LogP contribution >= 0.6 is 0 Å². The number of aliphatic hydroxyl groups excluding tert-OH is 1. The minimum atomic E-state index is -5.08. The van der Waals surface area contributed by atoms with E-state index in [9.17, 15) is 75.7 Å². The molecular weight excluding hydrogens is 1230 g/mol. The molecule has 0 radical (unpaired) electrons. The second kappa shape index (κ2) is 36.6. The smallest absolute Gasteiger partial charge is 0.480 e. The van der Waals surface area contributed by atoms with Crippen LogP contribution in [0.15, 0.2) is 72.9 Å². The molecule has 0 saturated heterocycles.